The molecule has 2 heterocycles. The maximum Gasteiger partial charge on any atom is 0.420 e. The van der Waals surface area contributed by atoms with E-state index in [0.717, 1.165) is 10.9 Å². The predicted octanol–water partition coefficient (Wildman–Crippen LogP) is 1.99. The molecular weight excluding hydrogens is 221 g/mol. The van der Waals surface area contributed by atoms with E-state index in [1.165, 1.54) is 18.6 Å². The molecule has 0 fully saturated rings. The van der Waals surface area contributed by atoms with E-state index < -0.39 is 11.7 Å². The molecule has 0 aromatic carbocycles. The Hall–Kier alpha value is -1.92. The molecule has 0 atom stereocenters. The van der Waals surface area contributed by atoms with Gasteiger partial charge in [0.15, 0.2) is 5.82 Å². The molecule has 0 aliphatic rings. The van der Waals surface area contributed by atoms with Crippen molar-refractivity contribution in [3.05, 3.63) is 35.8 Å². The van der Waals surface area contributed by atoms with E-state index in [2.05, 4.69) is 15.2 Å². The molecule has 0 amide bonds. The van der Waals surface area contributed by atoms with Gasteiger partial charge in [0.2, 0.25) is 0 Å². The zero-order valence-electron chi connectivity index (χ0n) is 8.23. The summed E-state index contributed by atoms with van der Waals surface area (Å²) in [4.78, 5) is 4.55. The van der Waals surface area contributed by atoms with E-state index in [1.807, 2.05) is 0 Å². The number of halogens is 3. The van der Waals surface area contributed by atoms with Crippen molar-refractivity contribution >= 4 is 0 Å². The average molecular weight is 228 g/mol. The highest BCUT2D eigenvalue weighted by Crippen LogP contribution is 2.32. The van der Waals surface area contributed by atoms with Crippen LogP contribution in [0.4, 0.5) is 13.2 Å². The van der Waals surface area contributed by atoms with Crippen LogP contribution < -0.4 is 0 Å². The largest absolute Gasteiger partial charge is 0.420 e. The van der Waals surface area contributed by atoms with Gasteiger partial charge in [0, 0.05) is 6.20 Å². The fourth-order valence-electron chi connectivity index (χ4n) is 1.26. The van der Waals surface area contributed by atoms with Gasteiger partial charge in [0.05, 0.1) is 12.4 Å². The second-order valence-electron chi connectivity index (χ2n) is 3.20. The lowest BCUT2D eigenvalue weighted by atomic mass is 10.2. The summed E-state index contributed by atoms with van der Waals surface area (Å²) in [5, 5.41) is 7.27. The Kier molecular flexibility index (Phi) is 2.37. The standard InChI is InChI=1S/C9H7F3N4/c1-6-4-7(9(10,11)12)8(13-5-6)16-14-2-3-15-16/h2-5H,1H3. The molecule has 4 nitrogen and oxygen atoms in total. The van der Waals surface area contributed by atoms with Crippen molar-refractivity contribution in [1.29, 1.82) is 0 Å². The van der Waals surface area contributed by atoms with Crippen molar-refractivity contribution in [3.8, 4) is 5.82 Å². The third-order valence-corrected chi connectivity index (χ3v) is 1.92. The van der Waals surface area contributed by atoms with Crippen molar-refractivity contribution in [2.45, 2.75) is 13.1 Å². The molecule has 84 valence electrons. The first-order valence-electron chi connectivity index (χ1n) is 4.39. The van der Waals surface area contributed by atoms with E-state index in [4.69, 9.17) is 0 Å². The van der Waals surface area contributed by atoms with Gasteiger partial charge in [-0.15, -0.1) is 4.80 Å². The van der Waals surface area contributed by atoms with Crippen molar-refractivity contribution < 1.29 is 13.2 Å². The minimum atomic E-state index is -4.47. The highest BCUT2D eigenvalue weighted by Gasteiger charge is 2.35. The van der Waals surface area contributed by atoms with Crippen LogP contribution in [-0.4, -0.2) is 20.0 Å². The van der Waals surface area contributed by atoms with E-state index >= 15 is 0 Å². The van der Waals surface area contributed by atoms with Crippen molar-refractivity contribution in [3.63, 3.8) is 0 Å². The first-order valence-corrected chi connectivity index (χ1v) is 4.39. The Bertz CT molecular complexity index is 490. The van der Waals surface area contributed by atoms with Gasteiger partial charge in [-0.2, -0.15) is 23.4 Å². The Labute approximate surface area is 88.7 Å². The molecule has 0 aliphatic carbocycles. The molecular formula is C9H7F3N4. The van der Waals surface area contributed by atoms with Gasteiger partial charge in [0.1, 0.15) is 5.56 Å². The van der Waals surface area contributed by atoms with E-state index in [0.29, 0.717) is 5.56 Å². The summed E-state index contributed by atoms with van der Waals surface area (Å²) in [7, 11) is 0. The number of aryl methyl sites for hydroxylation is 1. The van der Waals surface area contributed by atoms with Crippen LogP contribution in [0.3, 0.4) is 0 Å². The third-order valence-electron chi connectivity index (χ3n) is 1.92. The van der Waals surface area contributed by atoms with Gasteiger partial charge in [-0.05, 0) is 18.6 Å². The van der Waals surface area contributed by atoms with Crippen molar-refractivity contribution in [1.82, 2.24) is 20.0 Å². The molecule has 2 aromatic rings. The van der Waals surface area contributed by atoms with Crippen LogP contribution in [0.25, 0.3) is 5.82 Å². The number of alkyl halides is 3. The van der Waals surface area contributed by atoms with Crippen LogP contribution in [0.1, 0.15) is 11.1 Å². The van der Waals surface area contributed by atoms with Gasteiger partial charge < -0.3 is 0 Å². The van der Waals surface area contributed by atoms with Crippen LogP contribution in [0, 0.1) is 6.92 Å². The number of rotatable bonds is 1. The molecule has 7 heteroatoms. The average Bonchev–Trinajstić information content (AvgIpc) is 2.69. The number of hydrogen-bond donors (Lipinski definition) is 0. The first kappa shape index (κ1) is 10.6. The summed E-state index contributed by atoms with van der Waals surface area (Å²) in [6.07, 6.45) is -0.542. The zero-order chi connectivity index (χ0) is 11.8. The van der Waals surface area contributed by atoms with Gasteiger partial charge in [-0.3, -0.25) is 0 Å². The maximum absolute atomic E-state index is 12.7. The lowest BCUT2D eigenvalue weighted by Crippen LogP contribution is -2.14. The quantitative estimate of drug-likeness (QED) is 0.749. The Morgan fingerprint density at radius 2 is 1.81 bits per heavy atom. The van der Waals surface area contributed by atoms with Crippen LogP contribution >= 0.6 is 0 Å². The Balaban J connectivity index is 2.62. The fourth-order valence-corrected chi connectivity index (χ4v) is 1.26. The molecule has 0 unspecified atom stereocenters. The lowest BCUT2D eigenvalue weighted by molar-refractivity contribution is -0.137. The molecule has 0 radical (unpaired) electrons. The van der Waals surface area contributed by atoms with E-state index in [9.17, 15) is 13.2 Å². The van der Waals surface area contributed by atoms with Crippen LogP contribution in [0.2, 0.25) is 0 Å². The number of nitrogens with zero attached hydrogens (tertiary/aromatic N) is 4. The van der Waals surface area contributed by atoms with Gasteiger partial charge in [-0.25, -0.2) is 4.98 Å². The Morgan fingerprint density at radius 1 is 1.19 bits per heavy atom. The molecule has 0 aliphatic heterocycles. The second-order valence-corrected chi connectivity index (χ2v) is 3.20. The Morgan fingerprint density at radius 3 is 2.38 bits per heavy atom. The minimum absolute atomic E-state index is 0.317. The molecule has 2 aromatic heterocycles. The van der Waals surface area contributed by atoms with E-state index in [1.54, 1.807) is 6.92 Å². The number of aromatic nitrogens is 4. The molecule has 16 heavy (non-hydrogen) atoms. The predicted molar refractivity (Wildman–Crippen MR) is 48.9 cm³/mol. The van der Waals surface area contributed by atoms with Gasteiger partial charge >= 0.3 is 6.18 Å². The number of hydrogen-bond acceptors (Lipinski definition) is 3. The molecule has 2 rings (SSSR count). The smallest absolute Gasteiger partial charge is 0.235 e. The summed E-state index contributed by atoms with van der Waals surface area (Å²) in [5.74, 6) is -0.317. The summed E-state index contributed by atoms with van der Waals surface area (Å²) >= 11 is 0. The fraction of sp³-hybridized carbons (Fsp3) is 0.222. The highest BCUT2D eigenvalue weighted by atomic mass is 19.4. The van der Waals surface area contributed by atoms with Crippen molar-refractivity contribution in [2.75, 3.05) is 0 Å². The lowest BCUT2D eigenvalue weighted by Gasteiger charge is -2.11. The van der Waals surface area contributed by atoms with Crippen LogP contribution in [0.5, 0.6) is 0 Å². The molecule has 0 bridgehead atoms. The van der Waals surface area contributed by atoms with Crippen LogP contribution in [-0.2, 0) is 6.18 Å². The van der Waals surface area contributed by atoms with Gasteiger partial charge in [-0.1, -0.05) is 0 Å². The third kappa shape index (κ3) is 1.88. The van der Waals surface area contributed by atoms with E-state index in [-0.39, 0.29) is 5.82 Å². The topological polar surface area (TPSA) is 43.6 Å². The normalized spacial score (nSPS) is 11.8. The summed E-state index contributed by atoms with van der Waals surface area (Å²) in [6.45, 7) is 1.54. The van der Waals surface area contributed by atoms with Crippen LogP contribution in [0.15, 0.2) is 24.7 Å². The second kappa shape index (κ2) is 3.58. The molecule has 0 spiro atoms. The van der Waals surface area contributed by atoms with Gasteiger partial charge in [0.25, 0.3) is 0 Å². The van der Waals surface area contributed by atoms with Crippen molar-refractivity contribution in [2.24, 2.45) is 0 Å². The highest BCUT2D eigenvalue weighted by molar-refractivity contribution is 5.36. The first-order chi connectivity index (χ1) is 7.48. The molecule has 0 saturated carbocycles. The molecule has 0 saturated heterocycles. The maximum atomic E-state index is 12.7. The summed E-state index contributed by atoms with van der Waals surface area (Å²) < 4.78 is 38.1. The monoisotopic (exact) mass is 228 g/mol. The zero-order valence-corrected chi connectivity index (χ0v) is 8.23. The number of pyridine rings is 1. The minimum Gasteiger partial charge on any atom is -0.235 e. The summed E-state index contributed by atoms with van der Waals surface area (Å²) in [5.41, 5.74) is -0.410. The summed E-state index contributed by atoms with van der Waals surface area (Å²) in [6, 6.07) is 1.02. The molecule has 0 N–H and O–H groups in total. The SMILES string of the molecule is Cc1cnc(-n2nccn2)c(C(F)(F)F)c1.